The molecule has 0 aliphatic carbocycles. The van der Waals surface area contributed by atoms with Gasteiger partial charge in [-0.05, 0) is 48.2 Å². The van der Waals surface area contributed by atoms with Gasteiger partial charge in [-0.15, -0.1) is 0 Å². The third kappa shape index (κ3) is 6.09. The summed E-state index contributed by atoms with van der Waals surface area (Å²) in [5.41, 5.74) is 6.65. The molecular formula is C29H24EuN2O2. The number of Topliss-reactive ketones (excluding diaryl/α,β-unsaturated/α-hetero) is 2. The average Bonchev–Trinajstić information content (AvgIpc) is 2.84. The maximum Gasteiger partial charge on any atom is 0.137 e. The Morgan fingerprint density at radius 1 is 0.588 bits per heavy atom. The Morgan fingerprint density at radius 3 is 1.29 bits per heavy atom. The van der Waals surface area contributed by atoms with Crippen LogP contribution in [0.1, 0.15) is 20.3 Å². The number of carbonyl (C=O) groups is 2. The molecule has 4 nitrogen and oxygen atoms in total. The van der Waals surface area contributed by atoms with Gasteiger partial charge in [-0.1, -0.05) is 72.8 Å². The standard InChI is InChI=1S/C24H16N2.C5H8O2.Eu/c1-3-7-17(8-4-1)19-13-15-25-23-21(19)11-12-22-20(14-16-26-24(22)23)18-9-5-2-6-10-18;1-4(6)3-5(2)7;/h1-16H;3H2,1-2H3;. The Bertz CT molecular complexity index is 1320. The zero-order chi connectivity index (χ0) is 23.2. The maximum absolute atomic E-state index is 10.0. The van der Waals surface area contributed by atoms with Gasteiger partial charge in [0.1, 0.15) is 11.6 Å². The predicted molar refractivity (Wildman–Crippen MR) is 134 cm³/mol. The topological polar surface area (TPSA) is 59.9 Å². The van der Waals surface area contributed by atoms with E-state index in [1.54, 1.807) is 0 Å². The second kappa shape index (κ2) is 12.2. The van der Waals surface area contributed by atoms with Crippen LogP contribution in [0.5, 0.6) is 0 Å². The van der Waals surface area contributed by atoms with Crippen molar-refractivity contribution in [2.24, 2.45) is 0 Å². The van der Waals surface area contributed by atoms with Gasteiger partial charge in [0, 0.05) is 72.5 Å². The van der Waals surface area contributed by atoms with Gasteiger partial charge in [-0.3, -0.25) is 19.6 Å². The van der Waals surface area contributed by atoms with E-state index in [1.807, 2.05) is 24.5 Å². The second-order valence-electron chi connectivity index (χ2n) is 7.89. The zero-order valence-corrected chi connectivity index (χ0v) is 21.5. The monoisotopic (exact) mass is 585 g/mol. The molecule has 5 aromatic rings. The molecule has 169 valence electrons. The summed E-state index contributed by atoms with van der Waals surface area (Å²) >= 11 is 0. The summed E-state index contributed by atoms with van der Waals surface area (Å²) in [6, 6.07) is 29.3. The van der Waals surface area contributed by atoms with Crippen molar-refractivity contribution in [3.63, 3.8) is 0 Å². The molecule has 0 saturated carbocycles. The molecular weight excluding hydrogens is 560 g/mol. The van der Waals surface area contributed by atoms with Crippen LogP contribution in [0.25, 0.3) is 44.1 Å². The number of ketones is 2. The molecule has 0 aliphatic heterocycles. The van der Waals surface area contributed by atoms with Crippen LogP contribution >= 0.6 is 0 Å². The Labute approximate surface area is 240 Å². The third-order valence-corrected chi connectivity index (χ3v) is 5.29. The number of hydrogen-bond acceptors (Lipinski definition) is 4. The van der Waals surface area contributed by atoms with E-state index in [2.05, 4.69) is 82.8 Å². The zero-order valence-electron chi connectivity index (χ0n) is 19.0. The molecule has 0 spiro atoms. The van der Waals surface area contributed by atoms with E-state index < -0.39 is 0 Å². The van der Waals surface area contributed by atoms with Crippen molar-refractivity contribution in [2.45, 2.75) is 20.3 Å². The number of aromatic nitrogens is 2. The van der Waals surface area contributed by atoms with Crippen molar-refractivity contribution in [2.75, 3.05) is 0 Å². The molecule has 0 unspecified atom stereocenters. The number of rotatable bonds is 4. The van der Waals surface area contributed by atoms with Crippen molar-refractivity contribution in [3.05, 3.63) is 97.3 Å². The molecule has 0 aliphatic rings. The third-order valence-electron chi connectivity index (χ3n) is 5.29. The van der Waals surface area contributed by atoms with Gasteiger partial charge in [0.05, 0.1) is 17.5 Å². The predicted octanol–water partition coefficient (Wildman–Crippen LogP) is 6.67. The van der Waals surface area contributed by atoms with Gasteiger partial charge in [-0.2, -0.15) is 0 Å². The van der Waals surface area contributed by atoms with Gasteiger partial charge >= 0.3 is 0 Å². The fraction of sp³-hybridized carbons (Fsp3) is 0.103. The van der Waals surface area contributed by atoms with Gasteiger partial charge in [0.25, 0.3) is 0 Å². The van der Waals surface area contributed by atoms with Gasteiger partial charge in [0.15, 0.2) is 0 Å². The minimum absolute atomic E-state index is 0. The number of fused-ring (bicyclic) bond motifs is 3. The first-order chi connectivity index (χ1) is 16.0. The Balaban J connectivity index is 0.000000357. The molecule has 0 amide bonds. The van der Waals surface area contributed by atoms with Crippen LogP contribution in [0.3, 0.4) is 0 Å². The van der Waals surface area contributed by atoms with Crippen LogP contribution < -0.4 is 0 Å². The molecule has 0 saturated heterocycles. The SMILES string of the molecule is CC(=O)CC(C)=O.[Eu].c1ccc(-c2ccnc3c2ccc2c(-c4ccccc4)ccnc23)cc1. The molecule has 0 N–H and O–H groups in total. The van der Waals surface area contributed by atoms with Crippen molar-refractivity contribution in [1.29, 1.82) is 0 Å². The number of carbonyl (C=O) groups excluding carboxylic acids is 2. The average molecular weight is 584 g/mol. The van der Waals surface area contributed by atoms with Crippen LogP contribution in [0, 0.1) is 49.4 Å². The summed E-state index contributed by atoms with van der Waals surface area (Å²) in [4.78, 5) is 29.4. The van der Waals surface area contributed by atoms with E-state index in [1.165, 1.54) is 36.1 Å². The Hall–Kier alpha value is -2.60. The molecule has 34 heavy (non-hydrogen) atoms. The quantitative estimate of drug-likeness (QED) is 0.175. The van der Waals surface area contributed by atoms with Crippen molar-refractivity contribution < 1.29 is 59.0 Å². The van der Waals surface area contributed by atoms with E-state index in [0.29, 0.717) is 0 Å². The summed E-state index contributed by atoms with van der Waals surface area (Å²) in [6.07, 6.45) is 3.84. The van der Waals surface area contributed by atoms with Crippen LogP contribution in [0.15, 0.2) is 97.3 Å². The van der Waals surface area contributed by atoms with Crippen LogP contribution in [-0.2, 0) is 9.59 Å². The second-order valence-corrected chi connectivity index (χ2v) is 7.89. The molecule has 5 heteroatoms. The van der Waals surface area contributed by atoms with E-state index >= 15 is 0 Å². The van der Waals surface area contributed by atoms with E-state index in [0.717, 1.165) is 21.8 Å². The minimum atomic E-state index is -0.0625. The Kier molecular flexibility index (Phi) is 9.34. The molecule has 0 fully saturated rings. The van der Waals surface area contributed by atoms with Gasteiger partial charge in [0.2, 0.25) is 0 Å². The number of nitrogens with zero attached hydrogens (tertiary/aromatic N) is 2. The summed E-state index contributed by atoms with van der Waals surface area (Å²) in [7, 11) is 0. The van der Waals surface area contributed by atoms with Crippen LogP contribution in [0.4, 0.5) is 0 Å². The summed E-state index contributed by atoms with van der Waals surface area (Å²) in [6.45, 7) is 2.81. The smallest absolute Gasteiger partial charge is 0.137 e. The van der Waals surface area contributed by atoms with Gasteiger partial charge < -0.3 is 0 Å². The van der Waals surface area contributed by atoms with Crippen molar-refractivity contribution in [3.8, 4) is 22.3 Å². The molecule has 2 aromatic heterocycles. The normalized spacial score (nSPS) is 10.2. The fourth-order valence-corrected chi connectivity index (χ4v) is 3.92. The van der Waals surface area contributed by atoms with E-state index in [-0.39, 0.29) is 67.4 Å². The van der Waals surface area contributed by atoms with Crippen molar-refractivity contribution in [1.82, 2.24) is 9.97 Å². The van der Waals surface area contributed by atoms with E-state index in [4.69, 9.17) is 0 Å². The first kappa shape index (κ1) is 26.0. The fourth-order valence-electron chi connectivity index (χ4n) is 3.92. The first-order valence-electron chi connectivity index (χ1n) is 10.8. The first-order valence-corrected chi connectivity index (χ1v) is 10.8. The largest absolute Gasteiger partial charge is 0.300 e. The molecule has 2 heterocycles. The Morgan fingerprint density at radius 2 is 0.971 bits per heavy atom. The number of pyridine rings is 2. The number of hydrogen-bond donors (Lipinski definition) is 0. The number of benzene rings is 3. The summed E-state index contributed by atoms with van der Waals surface area (Å²) in [5.74, 6) is -0.125. The molecule has 3 aromatic carbocycles. The maximum atomic E-state index is 10.0. The summed E-state index contributed by atoms with van der Waals surface area (Å²) < 4.78 is 0. The van der Waals surface area contributed by atoms with Crippen molar-refractivity contribution >= 4 is 33.4 Å². The van der Waals surface area contributed by atoms with E-state index in [9.17, 15) is 9.59 Å². The molecule has 0 bridgehead atoms. The minimum Gasteiger partial charge on any atom is -0.300 e. The van der Waals surface area contributed by atoms with Gasteiger partial charge in [-0.25, -0.2) is 0 Å². The molecule has 0 atom stereocenters. The van der Waals surface area contributed by atoms with Crippen LogP contribution in [0.2, 0.25) is 0 Å². The summed E-state index contributed by atoms with van der Waals surface area (Å²) in [5, 5.41) is 2.26. The molecule has 1 radical (unpaired) electrons. The molecule has 5 rings (SSSR count). The van der Waals surface area contributed by atoms with Crippen LogP contribution in [-0.4, -0.2) is 21.5 Å².